The number of halogens is 1. The summed E-state index contributed by atoms with van der Waals surface area (Å²) in [5.74, 6) is 2.45. The molecule has 0 saturated carbocycles. The van der Waals surface area contributed by atoms with Crippen molar-refractivity contribution < 1.29 is 0 Å². The lowest BCUT2D eigenvalue weighted by atomic mass is 10.4. The van der Waals surface area contributed by atoms with E-state index in [0.29, 0.717) is 0 Å². The van der Waals surface area contributed by atoms with Crippen LogP contribution in [-0.4, -0.2) is 16.5 Å². The number of benzene rings is 1. The Labute approximate surface area is 122 Å². The third-order valence-electron chi connectivity index (χ3n) is 2.43. The topological polar surface area (TPSA) is 37.8 Å². The molecule has 0 spiro atoms. The number of hydrogen-bond donors (Lipinski definition) is 1. The molecule has 1 aromatic carbocycles. The zero-order chi connectivity index (χ0) is 13.5. The van der Waals surface area contributed by atoms with E-state index in [0.717, 1.165) is 40.3 Å². The molecular formula is C14H16ClN3S. The second-order valence-electron chi connectivity index (χ2n) is 4.03. The van der Waals surface area contributed by atoms with E-state index in [1.165, 1.54) is 0 Å². The van der Waals surface area contributed by atoms with Crippen LogP contribution in [0.5, 0.6) is 0 Å². The van der Waals surface area contributed by atoms with Crippen LogP contribution in [0.15, 0.2) is 41.4 Å². The fourth-order valence-electron chi connectivity index (χ4n) is 1.52. The van der Waals surface area contributed by atoms with Crippen LogP contribution in [0.4, 0.5) is 5.82 Å². The summed E-state index contributed by atoms with van der Waals surface area (Å²) in [5, 5.41) is 4.01. The minimum absolute atomic E-state index is 0.738. The molecule has 1 aromatic heterocycles. The van der Waals surface area contributed by atoms with E-state index in [2.05, 4.69) is 22.2 Å². The first-order valence-corrected chi connectivity index (χ1v) is 7.58. The summed E-state index contributed by atoms with van der Waals surface area (Å²) in [6.07, 6.45) is 2.87. The van der Waals surface area contributed by atoms with Gasteiger partial charge in [-0.2, -0.15) is 0 Å². The second-order valence-corrected chi connectivity index (χ2v) is 5.52. The van der Waals surface area contributed by atoms with Gasteiger partial charge in [0.15, 0.2) is 0 Å². The first-order chi connectivity index (χ1) is 9.28. The Morgan fingerprint density at radius 1 is 1.32 bits per heavy atom. The van der Waals surface area contributed by atoms with Crippen LogP contribution in [-0.2, 0) is 5.75 Å². The Balaban J connectivity index is 1.95. The van der Waals surface area contributed by atoms with Crippen LogP contribution >= 0.6 is 23.4 Å². The van der Waals surface area contributed by atoms with Crippen molar-refractivity contribution >= 4 is 29.2 Å². The van der Waals surface area contributed by atoms with Gasteiger partial charge in [0, 0.05) is 22.7 Å². The highest BCUT2D eigenvalue weighted by atomic mass is 35.5. The van der Waals surface area contributed by atoms with Crippen molar-refractivity contribution in [1.82, 2.24) is 9.97 Å². The van der Waals surface area contributed by atoms with Gasteiger partial charge in [0.05, 0.1) is 5.75 Å². The van der Waals surface area contributed by atoms with Crippen LogP contribution in [0.3, 0.4) is 0 Å². The molecule has 0 aliphatic carbocycles. The first kappa shape index (κ1) is 14.2. The molecule has 5 heteroatoms. The maximum absolute atomic E-state index is 5.95. The Morgan fingerprint density at radius 3 is 3.00 bits per heavy atom. The molecule has 0 unspecified atom stereocenters. The summed E-state index contributed by atoms with van der Waals surface area (Å²) >= 11 is 7.64. The van der Waals surface area contributed by atoms with Crippen LogP contribution in [0, 0.1) is 0 Å². The van der Waals surface area contributed by atoms with Gasteiger partial charge in [-0.1, -0.05) is 24.6 Å². The SMILES string of the molecule is CCCNc1ccnc(CSc2cccc(Cl)c2)n1. The molecule has 19 heavy (non-hydrogen) atoms. The highest BCUT2D eigenvalue weighted by Gasteiger charge is 2.01. The highest BCUT2D eigenvalue weighted by molar-refractivity contribution is 7.98. The predicted octanol–water partition coefficient (Wildman–Crippen LogP) is 4.24. The van der Waals surface area contributed by atoms with Crippen molar-refractivity contribution in [2.45, 2.75) is 24.0 Å². The molecule has 0 aliphatic heterocycles. The fourth-order valence-corrected chi connectivity index (χ4v) is 2.60. The number of hydrogen-bond acceptors (Lipinski definition) is 4. The molecule has 2 aromatic rings. The van der Waals surface area contributed by atoms with Gasteiger partial charge in [-0.3, -0.25) is 0 Å². The number of anilines is 1. The Hall–Kier alpha value is -1.26. The van der Waals surface area contributed by atoms with Gasteiger partial charge < -0.3 is 5.32 Å². The zero-order valence-corrected chi connectivity index (χ0v) is 12.3. The van der Waals surface area contributed by atoms with Gasteiger partial charge in [0.25, 0.3) is 0 Å². The maximum atomic E-state index is 5.95. The normalized spacial score (nSPS) is 10.4. The summed E-state index contributed by atoms with van der Waals surface area (Å²) in [4.78, 5) is 9.88. The molecule has 0 bridgehead atoms. The summed E-state index contributed by atoms with van der Waals surface area (Å²) in [6, 6.07) is 9.70. The van der Waals surface area contributed by atoms with Crippen LogP contribution in [0.2, 0.25) is 5.02 Å². The molecule has 0 saturated heterocycles. The van der Waals surface area contributed by atoms with Gasteiger partial charge in [0.1, 0.15) is 11.6 Å². The van der Waals surface area contributed by atoms with Crippen molar-refractivity contribution in [3.05, 3.63) is 47.4 Å². The minimum Gasteiger partial charge on any atom is -0.370 e. The summed E-state index contributed by atoms with van der Waals surface area (Å²) in [6.45, 7) is 3.06. The van der Waals surface area contributed by atoms with Crippen molar-refractivity contribution in [2.24, 2.45) is 0 Å². The summed E-state index contributed by atoms with van der Waals surface area (Å²) in [5.41, 5.74) is 0. The molecule has 100 valence electrons. The van der Waals surface area contributed by atoms with Gasteiger partial charge in [-0.15, -0.1) is 11.8 Å². The summed E-state index contributed by atoms with van der Waals surface area (Å²) < 4.78 is 0. The van der Waals surface area contributed by atoms with Crippen LogP contribution in [0.1, 0.15) is 19.2 Å². The van der Waals surface area contributed by atoms with Crippen molar-refractivity contribution in [3.63, 3.8) is 0 Å². The number of rotatable bonds is 6. The number of thioether (sulfide) groups is 1. The lowest BCUT2D eigenvalue weighted by molar-refractivity contribution is 0.951. The molecule has 0 amide bonds. The minimum atomic E-state index is 0.738. The van der Waals surface area contributed by atoms with Gasteiger partial charge in [-0.05, 0) is 30.7 Å². The van der Waals surface area contributed by atoms with Gasteiger partial charge >= 0.3 is 0 Å². The average molecular weight is 294 g/mol. The van der Waals surface area contributed by atoms with E-state index in [4.69, 9.17) is 11.6 Å². The second kappa shape index (κ2) is 7.36. The van der Waals surface area contributed by atoms with E-state index in [9.17, 15) is 0 Å². The van der Waals surface area contributed by atoms with Crippen molar-refractivity contribution in [1.29, 1.82) is 0 Å². The third-order valence-corrected chi connectivity index (χ3v) is 3.65. The maximum Gasteiger partial charge on any atom is 0.140 e. The number of nitrogens with one attached hydrogen (secondary N) is 1. The third kappa shape index (κ3) is 4.73. The molecule has 1 N–H and O–H groups in total. The predicted molar refractivity (Wildman–Crippen MR) is 81.8 cm³/mol. The highest BCUT2D eigenvalue weighted by Crippen LogP contribution is 2.24. The Morgan fingerprint density at radius 2 is 2.21 bits per heavy atom. The number of aromatic nitrogens is 2. The smallest absolute Gasteiger partial charge is 0.140 e. The van der Waals surface area contributed by atoms with Crippen LogP contribution in [0.25, 0.3) is 0 Å². The standard InChI is InChI=1S/C14H16ClN3S/c1-2-7-16-13-6-8-17-14(18-13)10-19-12-5-3-4-11(15)9-12/h3-6,8-9H,2,7,10H2,1H3,(H,16,17,18). The average Bonchev–Trinajstić information content (AvgIpc) is 2.43. The molecule has 0 fully saturated rings. The van der Waals surface area contributed by atoms with E-state index in [1.54, 1.807) is 18.0 Å². The first-order valence-electron chi connectivity index (χ1n) is 6.22. The van der Waals surface area contributed by atoms with Gasteiger partial charge in [-0.25, -0.2) is 9.97 Å². The fraction of sp³-hybridized carbons (Fsp3) is 0.286. The lowest BCUT2D eigenvalue weighted by Gasteiger charge is -2.05. The van der Waals surface area contributed by atoms with E-state index >= 15 is 0 Å². The molecule has 2 rings (SSSR count). The van der Waals surface area contributed by atoms with E-state index in [1.807, 2.05) is 30.3 Å². The van der Waals surface area contributed by atoms with Crippen LogP contribution < -0.4 is 5.32 Å². The largest absolute Gasteiger partial charge is 0.370 e. The van der Waals surface area contributed by atoms with E-state index < -0.39 is 0 Å². The van der Waals surface area contributed by atoms with E-state index in [-0.39, 0.29) is 0 Å². The zero-order valence-electron chi connectivity index (χ0n) is 10.8. The lowest BCUT2D eigenvalue weighted by Crippen LogP contribution is -2.04. The molecular weight excluding hydrogens is 278 g/mol. The Bertz CT molecular complexity index is 534. The monoisotopic (exact) mass is 293 g/mol. The molecule has 0 atom stereocenters. The molecule has 3 nitrogen and oxygen atoms in total. The van der Waals surface area contributed by atoms with Gasteiger partial charge in [0.2, 0.25) is 0 Å². The molecule has 0 radical (unpaired) electrons. The van der Waals surface area contributed by atoms with Crippen molar-refractivity contribution in [3.8, 4) is 0 Å². The Kier molecular flexibility index (Phi) is 5.48. The summed E-state index contributed by atoms with van der Waals surface area (Å²) in [7, 11) is 0. The molecule has 1 heterocycles. The molecule has 0 aliphatic rings. The quantitative estimate of drug-likeness (QED) is 0.808. The van der Waals surface area contributed by atoms with Crippen molar-refractivity contribution in [2.75, 3.05) is 11.9 Å². The number of nitrogens with zero attached hydrogens (tertiary/aromatic N) is 2.